The van der Waals surface area contributed by atoms with Crippen molar-refractivity contribution in [2.45, 2.75) is 46.0 Å². The van der Waals surface area contributed by atoms with Crippen molar-refractivity contribution in [3.05, 3.63) is 0 Å². The lowest BCUT2D eigenvalue weighted by atomic mass is 9.82. The topological polar surface area (TPSA) is 57.6 Å². The predicted molar refractivity (Wildman–Crippen MR) is 63.5 cm³/mol. The summed E-state index contributed by atoms with van der Waals surface area (Å²) >= 11 is 0. The van der Waals surface area contributed by atoms with Gasteiger partial charge in [-0.15, -0.1) is 0 Å². The third-order valence-electron chi connectivity index (χ3n) is 4.79. The lowest BCUT2D eigenvalue weighted by molar-refractivity contribution is -0.153. The number of carboxylic acids is 1. The van der Waals surface area contributed by atoms with Gasteiger partial charge in [0.15, 0.2) is 0 Å². The quantitative estimate of drug-likeness (QED) is 0.762. The van der Waals surface area contributed by atoms with Crippen LogP contribution in [0.15, 0.2) is 0 Å². The van der Waals surface area contributed by atoms with Gasteiger partial charge in [0.1, 0.15) is 5.41 Å². The summed E-state index contributed by atoms with van der Waals surface area (Å²) in [6.07, 6.45) is 4.17. The second-order valence-electron chi connectivity index (χ2n) is 5.57. The molecule has 1 N–H and O–H groups in total. The lowest BCUT2D eigenvalue weighted by Gasteiger charge is -2.27. The minimum atomic E-state index is -1.06. The summed E-state index contributed by atoms with van der Waals surface area (Å²) in [5.74, 6) is -1.08. The third kappa shape index (κ3) is 1.83. The highest BCUT2D eigenvalue weighted by molar-refractivity contribution is 6.04. The summed E-state index contributed by atoms with van der Waals surface area (Å²) in [6.45, 7) is 5.78. The van der Waals surface area contributed by atoms with Crippen LogP contribution in [0.3, 0.4) is 0 Å². The molecule has 0 spiro atoms. The van der Waals surface area contributed by atoms with E-state index in [0.717, 1.165) is 32.4 Å². The highest BCUT2D eigenvalue weighted by Gasteiger charge is 2.59. The fourth-order valence-corrected chi connectivity index (χ4v) is 2.88. The Labute approximate surface area is 102 Å². The fourth-order valence-electron chi connectivity index (χ4n) is 2.88. The summed E-state index contributed by atoms with van der Waals surface area (Å²) in [5, 5.41) is 9.13. The number of nitrogens with zero attached hydrogens (tertiary/aromatic N) is 1. The van der Waals surface area contributed by atoms with Gasteiger partial charge in [0.05, 0.1) is 0 Å². The van der Waals surface area contributed by atoms with Crippen molar-refractivity contribution < 1.29 is 14.7 Å². The van der Waals surface area contributed by atoms with Crippen LogP contribution in [0.1, 0.15) is 46.0 Å². The van der Waals surface area contributed by atoms with Crippen LogP contribution in [0.5, 0.6) is 0 Å². The van der Waals surface area contributed by atoms with Crippen LogP contribution in [-0.4, -0.2) is 35.0 Å². The van der Waals surface area contributed by atoms with Crippen LogP contribution in [0.4, 0.5) is 0 Å². The number of carboxylic acid groups (broad SMARTS) is 1. The highest BCUT2D eigenvalue weighted by atomic mass is 16.4. The van der Waals surface area contributed by atoms with Crippen LogP contribution in [0.25, 0.3) is 0 Å². The highest BCUT2D eigenvalue weighted by Crippen LogP contribution is 2.49. The van der Waals surface area contributed by atoms with Crippen molar-refractivity contribution in [2.24, 2.45) is 10.8 Å². The van der Waals surface area contributed by atoms with Crippen molar-refractivity contribution in [3.63, 3.8) is 0 Å². The SMILES string of the molecule is CCC1(CC)CCN(C(=O)C2(C(=O)O)CC2)C1. The first-order chi connectivity index (χ1) is 7.99. The number of carbonyl (C=O) groups is 2. The molecule has 2 aliphatic rings. The standard InChI is InChI=1S/C13H21NO3/c1-3-12(4-2)7-8-14(9-12)10(15)13(5-6-13)11(16)17/h3-9H2,1-2H3,(H,16,17). The van der Waals surface area contributed by atoms with Crippen molar-refractivity contribution >= 4 is 11.9 Å². The second kappa shape index (κ2) is 4.00. The van der Waals surface area contributed by atoms with Gasteiger partial charge in [-0.3, -0.25) is 9.59 Å². The molecule has 17 heavy (non-hydrogen) atoms. The Morgan fingerprint density at radius 2 is 1.76 bits per heavy atom. The molecule has 1 saturated heterocycles. The van der Waals surface area contributed by atoms with Crippen molar-refractivity contribution in [3.8, 4) is 0 Å². The van der Waals surface area contributed by atoms with Crippen LogP contribution >= 0.6 is 0 Å². The zero-order valence-corrected chi connectivity index (χ0v) is 10.7. The van der Waals surface area contributed by atoms with Gasteiger partial charge in [-0.25, -0.2) is 0 Å². The lowest BCUT2D eigenvalue weighted by Crippen LogP contribution is -2.40. The molecule has 0 bridgehead atoms. The first-order valence-corrected chi connectivity index (χ1v) is 6.52. The molecule has 1 amide bonds. The molecule has 1 aliphatic carbocycles. The molecule has 0 radical (unpaired) electrons. The Morgan fingerprint density at radius 1 is 1.18 bits per heavy atom. The van der Waals surface area contributed by atoms with Gasteiger partial charge in [-0.05, 0) is 37.5 Å². The largest absolute Gasteiger partial charge is 0.480 e. The van der Waals surface area contributed by atoms with E-state index >= 15 is 0 Å². The van der Waals surface area contributed by atoms with E-state index in [2.05, 4.69) is 13.8 Å². The fraction of sp³-hybridized carbons (Fsp3) is 0.846. The van der Waals surface area contributed by atoms with Crippen LogP contribution in [0, 0.1) is 10.8 Å². The van der Waals surface area contributed by atoms with E-state index in [1.807, 2.05) is 0 Å². The monoisotopic (exact) mass is 239 g/mol. The molecule has 0 atom stereocenters. The average Bonchev–Trinajstić information content (AvgIpc) is 3.03. The summed E-state index contributed by atoms with van der Waals surface area (Å²) in [7, 11) is 0. The molecule has 0 unspecified atom stereocenters. The van der Waals surface area contributed by atoms with E-state index in [4.69, 9.17) is 5.11 Å². The molecular weight excluding hydrogens is 218 g/mol. The zero-order valence-electron chi connectivity index (χ0n) is 10.7. The average molecular weight is 239 g/mol. The summed E-state index contributed by atoms with van der Waals surface area (Å²) in [5.41, 5.74) is -0.832. The minimum Gasteiger partial charge on any atom is -0.480 e. The number of hydrogen-bond donors (Lipinski definition) is 1. The maximum absolute atomic E-state index is 12.2. The number of rotatable bonds is 4. The van der Waals surface area contributed by atoms with Gasteiger partial charge in [0, 0.05) is 13.1 Å². The van der Waals surface area contributed by atoms with Gasteiger partial charge >= 0.3 is 5.97 Å². The summed E-state index contributed by atoms with van der Waals surface area (Å²) in [6, 6.07) is 0. The van der Waals surface area contributed by atoms with Crippen molar-refractivity contribution in [1.82, 2.24) is 4.90 Å². The Hall–Kier alpha value is -1.06. The van der Waals surface area contributed by atoms with E-state index < -0.39 is 11.4 Å². The van der Waals surface area contributed by atoms with Gasteiger partial charge in [-0.1, -0.05) is 13.8 Å². The molecule has 0 aromatic carbocycles. The molecule has 2 fully saturated rings. The maximum atomic E-state index is 12.2. The first-order valence-electron chi connectivity index (χ1n) is 6.52. The van der Waals surface area contributed by atoms with E-state index in [9.17, 15) is 9.59 Å². The molecule has 1 saturated carbocycles. The van der Waals surface area contributed by atoms with Gasteiger partial charge in [0.2, 0.25) is 5.91 Å². The van der Waals surface area contributed by atoms with Gasteiger partial charge in [0.25, 0.3) is 0 Å². The summed E-state index contributed by atoms with van der Waals surface area (Å²) in [4.78, 5) is 25.2. The molecule has 4 nitrogen and oxygen atoms in total. The molecule has 96 valence electrons. The van der Waals surface area contributed by atoms with E-state index in [-0.39, 0.29) is 11.3 Å². The Bertz CT molecular complexity index is 343. The van der Waals surface area contributed by atoms with Crippen molar-refractivity contribution in [1.29, 1.82) is 0 Å². The first kappa shape index (κ1) is 12.4. The predicted octanol–water partition coefficient (Wildman–Crippen LogP) is 1.89. The van der Waals surface area contributed by atoms with E-state index in [0.29, 0.717) is 12.8 Å². The van der Waals surface area contributed by atoms with Crippen LogP contribution < -0.4 is 0 Å². The third-order valence-corrected chi connectivity index (χ3v) is 4.79. The van der Waals surface area contributed by atoms with Crippen LogP contribution in [-0.2, 0) is 9.59 Å². The number of carbonyl (C=O) groups excluding carboxylic acids is 1. The molecular formula is C13H21NO3. The van der Waals surface area contributed by atoms with Gasteiger partial charge < -0.3 is 10.0 Å². The van der Waals surface area contributed by atoms with Crippen molar-refractivity contribution in [2.75, 3.05) is 13.1 Å². The summed E-state index contributed by atoms with van der Waals surface area (Å²) < 4.78 is 0. The molecule has 1 heterocycles. The Morgan fingerprint density at radius 3 is 2.12 bits per heavy atom. The number of likely N-dealkylation sites (tertiary alicyclic amines) is 1. The van der Waals surface area contributed by atoms with Crippen LogP contribution in [0.2, 0.25) is 0 Å². The molecule has 4 heteroatoms. The van der Waals surface area contributed by atoms with E-state index in [1.165, 1.54) is 0 Å². The zero-order chi connectivity index (χ0) is 12.7. The Kier molecular flexibility index (Phi) is 2.92. The number of aliphatic carboxylic acids is 1. The molecule has 2 rings (SSSR count). The normalized spacial score (nSPS) is 24.7. The maximum Gasteiger partial charge on any atom is 0.319 e. The smallest absolute Gasteiger partial charge is 0.319 e. The molecule has 1 aliphatic heterocycles. The molecule has 0 aromatic rings. The van der Waals surface area contributed by atoms with Gasteiger partial charge in [-0.2, -0.15) is 0 Å². The number of amides is 1. The van der Waals surface area contributed by atoms with E-state index in [1.54, 1.807) is 4.90 Å². The molecule has 0 aromatic heterocycles. The number of hydrogen-bond acceptors (Lipinski definition) is 2. The second-order valence-corrected chi connectivity index (χ2v) is 5.57. The Balaban J connectivity index is 2.07. The minimum absolute atomic E-state index is 0.145.